The summed E-state index contributed by atoms with van der Waals surface area (Å²) in [5.74, 6) is 0.620. The highest BCUT2D eigenvalue weighted by atomic mass is 16.5. The summed E-state index contributed by atoms with van der Waals surface area (Å²) >= 11 is 0. The van der Waals surface area contributed by atoms with Crippen molar-refractivity contribution >= 4 is 23.4 Å². The van der Waals surface area contributed by atoms with Crippen molar-refractivity contribution in [2.45, 2.75) is 51.7 Å². The topological polar surface area (TPSA) is 116 Å². The number of aromatic nitrogens is 2. The van der Waals surface area contributed by atoms with Crippen molar-refractivity contribution in [2.24, 2.45) is 5.92 Å². The van der Waals surface area contributed by atoms with Gasteiger partial charge < -0.3 is 21.5 Å². The molecule has 4 rings (SSSR count). The number of nitrogens with one attached hydrogen (secondary N) is 1. The maximum Gasteiger partial charge on any atom is 0.227 e. The van der Waals surface area contributed by atoms with Gasteiger partial charge in [0.15, 0.2) is 0 Å². The molecule has 5 N–H and O–H groups in total. The van der Waals surface area contributed by atoms with Gasteiger partial charge in [0.1, 0.15) is 5.82 Å². The minimum absolute atomic E-state index is 0.0988. The van der Waals surface area contributed by atoms with Gasteiger partial charge >= 0.3 is 0 Å². The van der Waals surface area contributed by atoms with E-state index in [-0.39, 0.29) is 24.4 Å². The van der Waals surface area contributed by atoms with Crippen LogP contribution in [0.1, 0.15) is 49.8 Å². The molecule has 33 heavy (non-hydrogen) atoms. The molecule has 0 bridgehead atoms. The molecule has 172 valence electrons. The lowest BCUT2D eigenvalue weighted by molar-refractivity contribution is -0.120. The van der Waals surface area contributed by atoms with Crippen molar-refractivity contribution in [1.29, 1.82) is 0 Å². The molecule has 0 saturated heterocycles. The average molecular weight is 446 g/mol. The van der Waals surface area contributed by atoms with Crippen LogP contribution in [-0.2, 0) is 22.7 Å². The lowest BCUT2D eigenvalue weighted by atomic mass is 9.99. The molecule has 7 nitrogen and oxygen atoms in total. The Balaban J connectivity index is 1.46. The summed E-state index contributed by atoms with van der Waals surface area (Å²) in [7, 11) is 0. The van der Waals surface area contributed by atoms with Gasteiger partial charge in [0, 0.05) is 17.2 Å². The van der Waals surface area contributed by atoms with E-state index < -0.39 is 0 Å². The van der Waals surface area contributed by atoms with E-state index >= 15 is 0 Å². The molecule has 1 heterocycles. The number of hydrogen-bond donors (Lipinski definition) is 3. The fourth-order valence-electron chi connectivity index (χ4n) is 4.31. The monoisotopic (exact) mass is 445 g/mol. The molecule has 1 fully saturated rings. The second-order valence-corrected chi connectivity index (χ2v) is 8.52. The zero-order chi connectivity index (χ0) is 23.0. The maximum atomic E-state index is 12.7. The normalized spacial score (nSPS) is 14.5. The van der Waals surface area contributed by atoms with Gasteiger partial charge in [0.2, 0.25) is 11.9 Å². The predicted octanol–water partition coefficient (Wildman–Crippen LogP) is 4.93. The summed E-state index contributed by atoms with van der Waals surface area (Å²) in [5, 5.41) is 3.06. The molecule has 1 aliphatic carbocycles. The SMILES string of the molecule is Nc1nc(N)c(-c2ccc(NC(=O)C3CCCCCC3)cc2)c(COCc2ccccc2)n1. The molecule has 1 saturated carbocycles. The van der Waals surface area contributed by atoms with Crippen LogP contribution in [-0.4, -0.2) is 15.9 Å². The van der Waals surface area contributed by atoms with Crippen molar-refractivity contribution in [2.75, 3.05) is 16.8 Å². The molecule has 2 aromatic carbocycles. The van der Waals surface area contributed by atoms with Crippen molar-refractivity contribution in [1.82, 2.24) is 9.97 Å². The van der Waals surface area contributed by atoms with Crippen LogP contribution in [0.25, 0.3) is 11.1 Å². The van der Waals surface area contributed by atoms with Gasteiger partial charge in [-0.1, -0.05) is 68.1 Å². The zero-order valence-electron chi connectivity index (χ0n) is 18.8. The number of ether oxygens (including phenoxy) is 1. The van der Waals surface area contributed by atoms with Crippen LogP contribution in [0, 0.1) is 5.92 Å². The molecular weight excluding hydrogens is 414 g/mol. The summed E-state index contributed by atoms with van der Waals surface area (Å²) in [5.41, 5.74) is 16.1. The largest absolute Gasteiger partial charge is 0.383 e. The molecule has 0 unspecified atom stereocenters. The molecule has 7 heteroatoms. The number of amides is 1. The number of carbonyl (C=O) groups excluding carboxylic acids is 1. The molecule has 1 aliphatic rings. The summed E-state index contributed by atoms with van der Waals surface area (Å²) in [6, 6.07) is 17.5. The third-order valence-electron chi connectivity index (χ3n) is 6.05. The third-order valence-corrected chi connectivity index (χ3v) is 6.05. The first kappa shape index (κ1) is 22.7. The quantitative estimate of drug-likeness (QED) is 0.444. The van der Waals surface area contributed by atoms with E-state index in [1.807, 2.05) is 54.6 Å². The Bertz CT molecular complexity index is 1060. The number of carbonyl (C=O) groups is 1. The second-order valence-electron chi connectivity index (χ2n) is 8.52. The van der Waals surface area contributed by atoms with Crippen LogP contribution in [0.5, 0.6) is 0 Å². The van der Waals surface area contributed by atoms with E-state index in [1.54, 1.807) is 0 Å². The standard InChI is InChI=1S/C26H31N5O2/c27-24-23(22(30-26(28)31-24)17-33-16-18-8-4-3-5-9-18)19-12-14-21(15-13-19)29-25(32)20-10-6-1-2-7-11-20/h3-5,8-9,12-15,20H,1-2,6-7,10-11,16-17H2,(H,29,32)(H4,27,28,30,31). The fourth-order valence-corrected chi connectivity index (χ4v) is 4.31. The first-order valence-electron chi connectivity index (χ1n) is 11.5. The molecule has 0 atom stereocenters. The minimum atomic E-state index is 0.0988. The van der Waals surface area contributed by atoms with Gasteiger partial charge in [-0.15, -0.1) is 0 Å². The van der Waals surface area contributed by atoms with E-state index in [0.717, 1.165) is 42.5 Å². The molecule has 0 aliphatic heterocycles. The van der Waals surface area contributed by atoms with Crippen molar-refractivity contribution in [3.05, 3.63) is 65.9 Å². The molecule has 3 aromatic rings. The number of anilines is 3. The summed E-state index contributed by atoms with van der Waals surface area (Å²) in [4.78, 5) is 21.2. The summed E-state index contributed by atoms with van der Waals surface area (Å²) < 4.78 is 5.87. The molecule has 0 spiro atoms. The zero-order valence-corrected chi connectivity index (χ0v) is 18.8. The van der Waals surface area contributed by atoms with Crippen LogP contribution in [0.4, 0.5) is 17.5 Å². The van der Waals surface area contributed by atoms with E-state index in [4.69, 9.17) is 16.2 Å². The Kier molecular flexibility index (Phi) is 7.52. The van der Waals surface area contributed by atoms with Crippen LogP contribution < -0.4 is 16.8 Å². The van der Waals surface area contributed by atoms with Gasteiger partial charge in [0.25, 0.3) is 0 Å². The number of nitrogens with two attached hydrogens (primary N) is 2. The Morgan fingerprint density at radius 3 is 2.30 bits per heavy atom. The van der Waals surface area contributed by atoms with Crippen LogP contribution >= 0.6 is 0 Å². The Morgan fingerprint density at radius 1 is 0.909 bits per heavy atom. The lowest BCUT2D eigenvalue weighted by Gasteiger charge is -2.15. The van der Waals surface area contributed by atoms with Crippen LogP contribution in [0.15, 0.2) is 54.6 Å². The van der Waals surface area contributed by atoms with Crippen LogP contribution in [0.3, 0.4) is 0 Å². The first-order chi connectivity index (χ1) is 16.1. The van der Waals surface area contributed by atoms with Crippen molar-refractivity contribution in [3.8, 4) is 11.1 Å². The highest BCUT2D eigenvalue weighted by Gasteiger charge is 2.20. The van der Waals surface area contributed by atoms with Crippen molar-refractivity contribution < 1.29 is 9.53 Å². The number of nitrogen functional groups attached to an aromatic ring is 2. The van der Waals surface area contributed by atoms with Gasteiger partial charge in [0.05, 0.1) is 18.9 Å². The van der Waals surface area contributed by atoms with Gasteiger partial charge in [-0.3, -0.25) is 4.79 Å². The van der Waals surface area contributed by atoms with Gasteiger partial charge in [-0.25, -0.2) is 4.98 Å². The molecule has 0 radical (unpaired) electrons. The van der Waals surface area contributed by atoms with E-state index in [1.165, 1.54) is 12.8 Å². The number of rotatable bonds is 7. The van der Waals surface area contributed by atoms with E-state index in [9.17, 15) is 4.79 Å². The number of benzene rings is 2. The van der Waals surface area contributed by atoms with E-state index in [2.05, 4.69) is 15.3 Å². The number of hydrogen-bond acceptors (Lipinski definition) is 6. The van der Waals surface area contributed by atoms with Gasteiger partial charge in [-0.05, 0) is 36.1 Å². The minimum Gasteiger partial charge on any atom is -0.383 e. The van der Waals surface area contributed by atoms with Gasteiger partial charge in [-0.2, -0.15) is 4.98 Å². The maximum absolute atomic E-state index is 12.7. The highest BCUT2D eigenvalue weighted by Crippen LogP contribution is 2.30. The highest BCUT2D eigenvalue weighted by molar-refractivity contribution is 5.93. The van der Waals surface area contributed by atoms with Crippen LogP contribution in [0.2, 0.25) is 0 Å². The fraction of sp³-hybridized carbons (Fsp3) is 0.346. The number of nitrogens with zero attached hydrogens (tertiary/aromatic N) is 2. The molecule has 1 amide bonds. The Morgan fingerprint density at radius 2 is 1.61 bits per heavy atom. The second kappa shape index (κ2) is 10.9. The Labute approximate surface area is 194 Å². The summed E-state index contributed by atoms with van der Waals surface area (Å²) in [6.07, 6.45) is 6.64. The molecular formula is C26H31N5O2. The van der Waals surface area contributed by atoms with E-state index in [0.29, 0.717) is 23.7 Å². The molecule has 1 aromatic heterocycles. The lowest BCUT2D eigenvalue weighted by Crippen LogP contribution is -2.22. The first-order valence-corrected chi connectivity index (χ1v) is 11.5. The summed E-state index contributed by atoms with van der Waals surface area (Å²) in [6.45, 7) is 0.706. The predicted molar refractivity (Wildman–Crippen MR) is 131 cm³/mol. The van der Waals surface area contributed by atoms with Crippen molar-refractivity contribution in [3.63, 3.8) is 0 Å². The average Bonchev–Trinajstić information content (AvgIpc) is 3.10. The smallest absolute Gasteiger partial charge is 0.227 e. The Hall–Kier alpha value is -3.45. The third kappa shape index (κ3) is 6.08.